The van der Waals surface area contributed by atoms with Crippen molar-refractivity contribution in [2.24, 2.45) is 29.2 Å². The van der Waals surface area contributed by atoms with Crippen molar-refractivity contribution in [3.8, 4) is 11.4 Å². The van der Waals surface area contributed by atoms with E-state index in [9.17, 15) is 14.7 Å². The number of hydrogen-bond donors (Lipinski definition) is 3. The zero-order valence-corrected chi connectivity index (χ0v) is 32.2. The van der Waals surface area contributed by atoms with E-state index in [1.165, 1.54) is 84.4 Å². The van der Waals surface area contributed by atoms with Crippen LogP contribution in [-0.2, 0) is 59.3 Å². The number of imidazole rings is 2. The highest BCUT2D eigenvalue weighted by Gasteiger charge is 2.27. The van der Waals surface area contributed by atoms with Crippen LogP contribution in [0.15, 0.2) is 55.1 Å². The lowest BCUT2D eigenvalue weighted by Gasteiger charge is -2.23. The number of esters is 1. The van der Waals surface area contributed by atoms with E-state index in [1.807, 2.05) is 19.6 Å². The molecule has 290 valence electrons. The number of aliphatic carboxylic acids is 1. The second kappa shape index (κ2) is 19.4. The maximum Gasteiger partial charge on any atom is 0.309 e. The maximum absolute atomic E-state index is 12.2. The fraction of sp³-hybridized carbons (Fsp3) is 0.545. The molecule has 0 bridgehead atoms. The van der Waals surface area contributed by atoms with Gasteiger partial charge in [-0.25, -0.2) is 9.97 Å². The molecule has 3 aliphatic rings. The summed E-state index contributed by atoms with van der Waals surface area (Å²) >= 11 is 0. The molecule has 4 aromatic rings. The number of carboxylic acid groups (broad SMARTS) is 1. The quantitative estimate of drug-likeness (QED) is 0.105. The lowest BCUT2D eigenvalue weighted by Crippen LogP contribution is -2.22. The fourth-order valence-electron chi connectivity index (χ4n) is 8.72. The van der Waals surface area contributed by atoms with Crippen molar-refractivity contribution in [2.75, 3.05) is 19.7 Å². The van der Waals surface area contributed by atoms with Crippen LogP contribution in [0, 0.1) is 17.8 Å². The topological polar surface area (TPSA) is 151 Å². The third-order valence-electron chi connectivity index (χ3n) is 11.8. The average Bonchev–Trinajstić information content (AvgIpc) is 3.81. The van der Waals surface area contributed by atoms with E-state index in [0.717, 1.165) is 62.3 Å². The first kappa shape index (κ1) is 39.4. The molecule has 2 aromatic carbocycles. The van der Waals surface area contributed by atoms with Crippen molar-refractivity contribution in [2.45, 2.75) is 116 Å². The van der Waals surface area contributed by atoms with Crippen LogP contribution in [0.25, 0.3) is 11.4 Å². The maximum atomic E-state index is 12.2. The lowest BCUT2D eigenvalue weighted by atomic mass is 9.85. The minimum absolute atomic E-state index is 0.135. The summed E-state index contributed by atoms with van der Waals surface area (Å²) in [7, 11) is 0. The SMILES string of the molecule is CCOC(=O)[C@@H](CCCN)Cc1ncn2c1CCc1ccccc1-2.NCCC[C@@H](Cc1ncn2c1CCc1cc(CCC3CCCCC3)ccc1-2)C(=O)O. The summed E-state index contributed by atoms with van der Waals surface area (Å²) < 4.78 is 9.58. The van der Waals surface area contributed by atoms with E-state index in [1.54, 1.807) is 0 Å². The van der Waals surface area contributed by atoms with Crippen LogP contribution in [0.2, 0.25) is 0 Å². The van der Waals surface area contributed by atoms with Crippen molar-refractivity contribution in [3.63, 3.8) is 0 Å². The Morgan fingerprint density at radius 1 is 0.815 bits per heavy atom. The zero-order valence-electron chi connectivity index (χ0n) is 32.2. The summed E-state index contributed by atoms with van der Waals surface area (Å²) in [5.41, 5.74) is 22.1. The molecule has 1 saturated carbocycles. The molecule has 0 unspecified atom stereocenters. The molecule has 2 aliphatic heterocycles. The van der Waals surface area contributed by atoms with Gasteiger partial charge in [-0.2, -0.15) is 0 Å². The summed E-state index contributed by atoms with van der Waals surface area (Å²) in [5, 5.41) is 9.56. The first-order valence-electron chi connectivity index (χ1n) is 20.5. The van der Waals surface area contributed by atoms with Gasteiger partial charge in [-0.3, -0.25) is 9.59 Å². The Balaban J connectivity index is 0.000000189. The van der Waals surface area contributed by atoms with Crippen LogP contribution < -0.4 is 11.5 Å². The van der Waals surface area contributed by atoms with Crippen molar-refractivity contribution in [3.05, 3.63) is 94.6 Å². The van der Waals surface area contributed by atoms with E-state index in [0.29, 0.717) is 39.0 Å². The lowest BCUT2D eigenvalue weighted by molar-refractivity contribution is -0.148. The van der Waals surface area contributed by atoms with E-state index in [4.69, 9.17) is 16.2 Å². The molecule has 4 heterocycles. The van der Waals surface area contributed by atoms with Gasteiger partial charge in [0.15, 0.2) is 0 Å². The summed E-state index contributed by atoms with van der Waals surface area (Å²) in [6, 6.07) is 15.3. The highest BCUT2D eigenvalue weighted by molar-refractivity contribution is 5.73. The van der Waals surface area contributed by atoms with Crippen molar-refractivity contribution in [1.82, 2.24) is 19.1 Å². The van der Waals surface area contributed by atoms with Gasteiger partial charge >= 0.3 is 11.9 Å². The number of aryl methyl sites for hydroxylation is 3. The molecule has 5 N–H and O–H groups in total. The van der Waals surface area contributed by atoms with E-state index in [2.05, 4.69) is 61.6 Å². The molecule has 10 nitrogen and oxygen atoms in total. The standard InChI is InChI=1S/C25H35N3O2.C19H25N3O2/c26-14-4-7-21(25(29)30)16-22-24-13-11-20-15-19(9-8-18-5-2-1-3-6-18)10-12-23(20)28(24)17-27-22;1-2-24-19(23)15(7-5-11-20)12-16-18-10-9-14-6-3-4-8-17(14)22(18)13-21-16/h10,12,15,17-18,21H,1-9,11,13-14,16,26H2,(H,29,30);3-4,6,8,13,15H,2,5,7,9-12,20H2,1H3/t21-;15-/m00/s1. The van der Waals surface area contributed by atoms with Crippen LogP contribution in [0.4, 0.5) is 0 Å². The molecular weight excluding hydrogens is 677 g/mol. The molecule has 0 amide bonds. The molecule has 7 rings (SSSR count). The molecule has 0 spiro atoms. The number of carbonyl (C=O) groups excluding carboxylic acids is 1. The monoisotopic (exact) mass is 736 g/mol. The van der Waals surface area contributed by atoms with Crippen LogP contribution in [0.1, 0.15) is 111 Å². The largest absolute Gasteiger partial charge is 0.481 e. The van der Waals surface area contributed by atoms with Gasteiger partial charge in [0.05, 0.1) is 42.5 Å². The molecule has 1 aliphatic carbocycles. The molecule has 0 radical (unpaired) electrons. The highest BCUT2D eigenvalue weighted by atomic mass is 16.5. The van der Waals surface area contributed by atoms with Gasteiger partial charge in [-0.1, -0.05) is 62.4 Å². The molecule has 1 fully saturated rings. The summed E-state index contributed by atoms with van der Waals surface area (Å²) in [6.07, 6.45) is 21.3. The average molecular weight is 737 g/mol. The summed E-state index contributed by atoms with van der Waals surface area (Å²) in [6.45, 7) is 3.37. The highest BCUT2D eigenvalue weighted by Crippen LogP contribution is 2.32. The predicted octanol–water partition coefficient (Wildman–Crippen LogP) is 6.90. The van der Waals surface area contributed by atoms with Crippen molar-refractivity contribution < 1.29 is 19.4 Å². The minimum Gasteiger partial charge on any atom is -0.481 e. The third-order valence-corrected chi connectivity index (χ3v) is 11.8. The molecular formula is C44H60N6O4. The summed E-state index contributed by atoms with van der Waals surface area (Å²) in [5.74, 6) is -0.533. The van der Waals surface area contributed by atoms with Gasteiger partial charge in [-0.05, 0) is 119 Å². The predicted molar refractivity (Wildman–Crippen MR) is 212 cm³/mol. The Morgan fingerprint density at radius 3 is 2.07 bits per heavy atom. The van der Waals surface area contributed by atoms with Gasteiger partial charge in [0.25, 0.3) is 0 Å². The van der Waals surface area contributed by atoms with E-state index in [-0.39, 0.29) is 11.9 Å². The second-order valence-electron chi connectivity index (χ2n) is 15.4. The number of rotatable bonds is 16. The number of carboxylic acids is 1. The molecule has 0 saturated heterocycles. The number of para-hydroxylation sites is 1. The van der Waals surface area contributed by atoms with Crippen LogP contribution in [-0.4, -0.2) is 55.8 Å². The van der Waals surface area contributed by atoms with Gasteiger partial charge in [0.1, 0.15) is 0 Å². The number of fused-ring (bicyclic) bond motifs is 6. The van der Waals surface area contributed by atoms with Crippen molar-refractivity contribution >= 4 is 11.9 Å². The Kier molecular flexibility index (Phi) is 14.1. The first-order chi connectivity index (χ1) is 26.4. The molecule has 2 aromatic heterocycles. The van der Waals surface area contributed by atoms with Crippen LogP contribution >= 0.6 is 0 Å². The number of benzene rings is 2. The second-order valence-corrected chi connectivity index (χ2v) is 15.4. The normalized spacial score (nSPS) is 15.8. The Morgan fingerprint density at radius 2 is 1.43 bits per heavy atom. The number of ether oxygens (including phenoxy) is 1. The number of hydrogen-bond acceptors (Lipinski definition) is 7. The van der Waals surface area contributed by atoms with Crippen LogP contribution in [0.3, 0.4) is 0 Å². The van der Waals surface area contributed by atoms with Gasteiger partial charge in [0, 0.05) is 35.6 Å². The van der Waals surface area contributed by atoms with Gasteiger partial charge < -0.3 is 30.4 Å². The van der Waals surface area contributed by atoms with E-state index >= 15 is 0 Å². The number of aromatic nitrogens is 4. The number of carbonyl (C=O) groups is 2. The number of nitrogens with zero attached hydrogens (tertiary/aromatic N) is 4. The molecule has 2 atom stereocenters. The van der Waals surface area contributed by atoms with Gasteiger partial charge in [0.2, 0.25) is 0 Å². The Labute approximate surface area is 320 Å². The fourth-order valence-corrected chi connectivity index (χ4v) is 8.72. The smallest absolute Gasteiger partial charge is 0.309 e. The first-order valence-corrected chi connectivity index (χ1v) is 20.5. The Bertz CT molecular complexity index is 1840. The van der Waals surface area contributed by atoms with Crippen LogP contribution in [0.5, 0.6) is 0 Å². The van der Waals surface area contributed by atoms with E-state index < -0.39 is 11.9 Å². The molecule has 54 heavy (non-hydrogen) atoms. The third kappa shape index (κ3) is 9.68. The van der Waals surface area contributed by atoms with Gasteiger partial charge in [-0.15, -0.1) is 0 Å². The van der Waals surface area contributed by atoms with Crippen molar-refractivity contribution in [1.29, 1.82) is 0 Å². The summed E-state index contributed by atoms with van der Waals surface area (Å²) in [4.78, 5) is 33.1. The molecule has 10 heteroatoms. The zero-order chi connectivity index (χ0) is 37.9. The number of nitrogens with two attached hydrogens (primary N) is 2. The Hall–Kier alpha value is -4.28. The minimum atomic E-state index is -0.746.